The van der Waals surface area contributed by atoms with Gasteiger partial charge in [-0.2, -0.15) is 13.2 Å². The number of fused-ring (bicyclic) bond motifs is 1. The quantitative estimate of drug-likeness (QED) is 0.870. The number of hydrogen-bond acceptors (Lipinski definition) is 3. The molecule has 9 heteroatoms. The average molecular weight is 345 g/mol. The Morgan fingerprint density at radius 2 is 2.04 bits per heavy atom. The van der Waals surface area contributed by atoms with Gasteiger partial charge in [0.2, 0.25) is 0 Å². The lowest BCUT2D eigenvalue weighted by Crippen LogP contribution is -2.30. The van der Waals surface area contributed by atoms with Crippen LogP contribution in [-0.4, -0.2) is 40.1 Å². The maximum absolute atomic E-state index is 12.2. The first kappa shape index (κ1) is 17.2. The van der Waals surface area contributed by atoms with Crippen molar-refractivity contribution in [2.75, 3.05) is 13.6 Å². The number of nitrogens with zero attached hydrogens (tertiary/aromatic N) is 2. The Morgan fingerprint density at radius 3 is 2.65 bits per heavy atom. The maximum Gasteiger partial charge on any atom is 0.390 e. The highest BCUT2D eigenvalue weighted by molar-refractivity contribution is 7.71. The fourth-order valence-corrected chi connectivity index (χ4v) is 2.25. The third-order valence-electron chi connectivity index (χ3n) is 3.43. The highest BCUT2D eigenvalue weighted by Crippen LogP contribution is 2.20. The van der Waals surface area contributed by atoms with Gasteiger partial charge in [-0.05, 0) is 30.4 Å². The van der Waals surface area contributed by atoms with Crippen LogP contribution in [0.2, 0.25) is 0 Å². The molecule has 0 fully saturated rings. The summed E-state index contributed by atoms with van der Waals surface area (Å²) in [5.41, 5.74) is 0.238. The molecule has 0 unspecified atom stereocenters. The van der Waals surface area contributed by atoms with Crippen LogP contribution < -0.4 is 5.56 Å². The van der Waals surface area contributed by atoms with E-state index in [0.717, 1.165) is 4.90 Å². The van der Waals surface area contributed by atoms with Gasteiger partial charge in [-0.3, -0.25) is 14.2 Å². The number of alkyl halides is 3. The van der Waals surface area contributed by atoms with Crippen LogP contribution in [0.5, 0.6) is 0 Å². The highest BCUT2D eigenvalue weighted by Gasteiger charge is 2.28. The van der Waals surface area contributed by atoms with Gasteiger partial charge >= 0.3 is 6.18 Å². The van der Waals surface area contributed by atoms with E-state index < -0.39 is 25.0 Å². The molecule has 0 saturated heterocycles. The zero-order valence-corrected chi connectivity index (χ0v) is 13.2. The molecule has 1 aromatic carbocycles. The second kappa shape index (κ2) is 6.15. The summed E-state index contributed by atoms with van der Waals surface area (Å²) in [5.74, 6) is -0.559. The molecular weight excluding hydrogens is 331 g/mol. The van der Waals surface area contributed by atoms with E-state index in [1.165, 1.54) is 36.9 Å². The van der Waals surface area contributed by atoms with Gasteiger partial charge in [0.1, 0.15) is 0 Å². The third kappa shape index (κ3) is 3.79. The van der Waals surface area contributed by atoms with Crippen molar-refractivity contribution >= 4 is 29.0 Å². The zero-order valence-electron chi connectivity index (χ0n) is 12.4. The Morgan fingerprint density at radius 1 is 1.39 bits per heavy atom. The summed E-state index contributed by atoms with van der Waals surface area (Å²) in [6, 6.07) is 4.28. The van der Waals surface area contributed by atoms with Crippen molar-refractivity contribution in [1.82, 2.24) is 14.5 Å². The summed E-state index contributed by atoms with van der Waals surface area (Å²) in [4.78, 5) is 28.0. The summed E-state index contributed by atoms with van der Waals surface area (Å²) in [7, 11) is 2.81. The number of benzene rings is 1. The summed E-state index contributed by atoms with van der Waals surface area (Å²) in [6.45, 7) is -0.438. The number of aromatic amines is 1. The lowest BCUT2D eigenvalue weighted by Gasteiger charge is -2.18. The van der Waals surface area contributed by atoms with Crippen molar-refractivity contribution in [1.29, 1.82) is 0 Å². The van der Waals surface area contributed by atoms with Crippen LogP contribution in [0.1, 0.15) is 16.8 Å². The predicted molar refractivity (Wildman–Crippen MR) is 82.0 cm³/mol. The van der Waals surface area contributed by atoms with Crippen molar-refractivity contribution in [2.24, 2.45) is 7.05 Å². The Labute approximate surface area is 134 Å². The van der Waals surface area contributed by atoms with E-state index in [-0.39, 0.29) is 15.9 Å². The van der Waals surface area contributed by atoms with Crippen molar-refractivity contribution in [3.63, 3.8) is 0 Å². The van der Waals surface area contributed by atoms with Crippen LogP contribution >= 0.6 is 12.2 Å². The topological polar surface area (TPSA) is 58.1 Å². The summed E-state index contributed by atoms with van der Waals surface area (Å²) in [6.07, 6.45) is -5.40. The van der Waals surface area contributed by atoms with Gasteiger partial charge in [0.15, 0.2) is 4.77 Å². The first-order chi connectivity index (χ1) is 10.6. The van der Waals surface area contributed by atoms with E-state index in [2.05, 4.69) is 4.98 Å². The molecular formula is C14H14F3N3O2S. The Hall–Kier alpha value is -2.16. The number of H-pyrrole nitrogens is 1. The molecule has 0 radical (unpaired) electrons. The molecule has 0 spiro atoms. The van der Waals surface area contributed by atoms with Crippen LogP contribution in [0, 0.1) is 4.77 Å². The summed E-state index contributed by atoms with van der Waals surface area (Å²) in [5, 5.41) is 0.343. The van der Waals surface area contributed by atoms with Gasteiger partial charge in [0.25, 0.3) is 11.5 Å². The number of halogens is 3. The highest BCUT2D eigenvalue weighted by atomic mass is 32.1. The van der Waals surface area contributed by atoms with Gasteiger partial charge in [-0.15, -0.1) is 0 Å². The molecule has 0 bridgehead atoms. The molecule has 23 heavy (non-hydrogen) atoms. The molecule has 0 aliphatic rings. The first-order valence-electron chi connectivity index (χ1n) is 6.65. The number of rotatable bonds is 3. The third-order valence-corrected chi connectivity index (χ3v) is 3.80. The minimum absolute atomic E-state index is 0.182. The molecule has 0 saturated carbocycles. The van der Waals surface area contributed by atoms with Crippen LogP contribution in [0.3, 0.4) is 0 Å². The molecule has 1 amide bonds. The van der Waals surface area contributed by atoms with Crippen LogP contribution in [0.4, 0.5) is 13.2 Å². The number of nitrogens with one attached hydrogen (secondary N) is 1. The van der Waals surface area contributed by atoms with Crippen LogP contribution in [0.25, 0.3) is 10.9 Å². The molecule has 1 N–H and O–H groups in total. The van der Waals surface area contributed by atoms with Gasteiger partial charge < -0.3 is 9.88 Å². The van der Waals surface area contributed by atoms with Gasteiger partial charge in [-0.25, -0.2) is 0 Å². The largest absolute Gasteiger partial charge is 0.390 e. The standard InChI is InChI=1S/C14H14F3N3O2S/c1-19(6-5-14(15,16)17)11(21)8-3-4-9-10(7-8)18-13(23)20(2)12(9)22/h3-4,7H,5-6H2,1-2H3,(H,18,23). The van der Waals surface area contributed by atoms with Gasteiger partial charge in [0.05, 0.1) is 17.3 Å². The van der Waals surface area contributed by atoms with Crippen LogP contribution in [-0.2, 0) is 7.05 Å². The zero-order chi connectivity index (χ0) is 17.4. The Bertz CT molecular complexity index is 870. The summed E-state index contributed by atoms with van der Waals surface area (Å²) < 4.78 is 38.1. The molecule has 5 nitrogen and oxygen atoms in total. The van der Waals surface area contributed by atoms with Crippen molar-refractivity contribution in [3.8, 4) is 0 Å². The SMILES string of the molecule is CN(CCC(F)(F)F)C(=O)c1ccc2c(=O)n(C)c(=S)[nH]c2c1. The predicted octanol–water partition coefficient (Wildman–Crippen LogP) is 2.62. The molecule has 1 heterocycles. The molecule has 124 valence electrons. The van der Waals surface area contributed by atoms with Gasteiger partial charge in [-0.1, -0.05) is 0 Å². The summed E-state index contributed by atoms with van der Waals surface area (Å²) >= 11 is 5.00. The normalized spacial score (nSPS) is 11.7. The van der Waals surface area contributed by atoms with E-state index >= 15 is 0 Å². The van der Waals surface area contributed by atoms with E-state index in [9.17, 15) is 22.8 Å². The fraction of sp³-hybridized carbons (Fsp3) is 0.357. The molecule has 1 aromatic heterocycles. The monoisotopic (exact) mass is 345 g/mol. The number of carbonyl (C=O) groups excluding carboxylic acids is 1. The van der Waals surface area contributed by atoms with Crippen molar-refractivity contribution in [3.05, 3.63) is 38.9 Å². The van der Waals surface area contributed by atoms with Gasteiger partial charge in [0, 0.05) is 26.2 Å². The molecule has 0 atom stereocenters. The van der Waals surface area contributed by atoms with E-state index in [4.69, 9.17) is 12.2 Å². The fourth-order valence-electron chi connectivity index (χ4n) is 2.06. The van der Waals surface area contributed by atoms with Crippen LogP contribution in [0.15, 0.2) is 23.0 Å². The molecule has 2 aromatic rings. The minimum Gasteiger partial charge on any atom is -0.341 e. The Balaban J connectivity index is 2.34. The van der Waals surface area contributed by atoms with Crippen molar-refractivity contribution in [2.45, 2.75) is 12.6 Å². The van der Waals surface area contributed by atoms with Crippen molar-refractivity contribution < 1.29 is 18.0 Å². The van der Waals surface area contributed by atoms with E-state index in [1.54, 1.807) is 0 Å². The number of aromatic nitrogens is 2. The second-order valence-corrected chi connectivity index (χ2v) is 5.53. The number of amides is 1. The number of carbonyl (C=O) groups is 1. The Kier molecular flexibility index (Phi) is 4.60. The lowest BCUT2D eigenvalue weighted by molar-refractivity contribution is -0.136. The maximum atomic E-state index is 12.2. The lowest BCUT2D eigenvalue weighted by atomic mass is 10.1. The second-order valence-electron chi connectivity index (χ2n) is 5.15. The molecule has 0 aliphatic carbocycles. The van der Waals surface area contributed by atoms with E-state index in [1.807, 2.05) is 0 Å². The average Bonchev–Trinajstić information content (AvgIpc) is 2.48. The first-order valence-corrected chi connectivity index (χ1v) is 7.06. The van der Waals surface area contributed by atoms with E-state index in [0.29, 0.717) is 10.9 Å². The smallest absolute Gasteiger partial charge is 0.341 e. The molecule has 2 rings (SSSR count). The molecule has 0 aliphatic heterocycles. The minimum atomic E-state index is -4.32. The number of hydrogen-bond donors (Lipinski definition) is 1.